The molecule has 1 aliphatic heterocycles. The SMILES string of the molecule is CC1(C)c2ccccc2-c2ccc(N(c3ccc(-c4ccccc4)cc3)c3ccc4c(c3)Oc3ccccc3-c3ccc(-c5cccc6ccccc56)cc3-4)cc21. The molecule has 0 saturated carbocycles. The van der Waals surface area contributed by atoms with Crippen molar-refractivity contribution in [1.29, 1.82) is 0 Å². The minimum absolute atomic E-state index is 0.128. The second-order valence-corrected chi connectivity index (χ2v) is 15.7. The molecule has 11 rings (SSSR count). The Morgan fingerprint density at radius 1 is 0.351 bits per heavy atom. The maximum atomic E-state index is 6.96. The number of benzene rings is 9. The highest BCUT2D eigenvalue weighted by atomic mass is 16.5. The number of para-hydroxylation sites is 1. The quantitative estimate of drug-likeness (QED) is 0.175. The number of rotatable bonds is 5. The highest BCUT2D eigenvalue weighted by molar-refractivity contribution is 6.00. The predicted molar refractivity (Wildman–Crippen MR) is 238 cm³/mol. The molecule has 1 heterocycles. The van der Waals surface area contributed by atoms with E-state index in [4.69, 9.17) is 4.74 Å². The molecule has 0 fully saturated rings. The van der Waals surface area contributed by atoms with Crippen molar-refractivity contribution in [2.45, 2.75) is 19.3 Å². The molecule has 270 valence electrons. The third-order valence-electron chi connectivity index (χ3n) is 12.1. The Kier molecular flexibility index (Phi) is 7.55. The number of hydrogen-bond donors (Lipinski definition) is 0. The molecule has 0 radical (unpaired) electrons. The first kappa shape index (κ1) is 33.2. The lowest BCUT2D eigenvalue weighted by molar-refractivity contribution is 0.488. The van der Waals surface area contributed by atoms with Gasteiger partial charge in [0.05, 0.1) is 0 Å². The van der Waals surface area contributed by atoms with Gasteiger partial charge in [-0.3, -0.25) is 0 Å². The van der Waals surface area contributed by atoms with Crippen molar-refractivity contribution in [3.8, 4) is 67.1 Å². The van der Waals surface area contributed by atoms with Crippen LogP contribution in [0.15, 0.2) is 200 Å². The Balaban J connectivity index is 1.09. The van der Waals surface area contributed by atoms with Crippen molar-refractivity contribution in [2.75, 3.05) is 4.90 Å². The summed E-state index contributed by atoms with van der Waals surface area (Å²) >= 11 is 0. The van der Waals surface area contributed by atoms with E-state index in [2.05, 4.69) is 219 Å². The molecule has 0 spiro atoms. The first-order chi connectivity index (χ1) is 28.0. The highest BCUT2D eigenvalue weighted by Crippen LogP contribution is 2.53. The minimum Gasteiger partial charge on any atom is -0.456 e. The van der Waals surface area contributed by atoms with E-state index in [0.717, 1.165) is 50.8 Å². The van der Waals surface area contributed by atoms with Crippen molar-refractivity contribution in [3.05, 3.63) is 211 Å². The van der Waals surface area contributed by atoms with E-state index in [1.54, 1.807) is 0 Å². The molecule has 9 aromatic carbocycles. The maximum Gasteiger partial charge on any atom is 0.137 e. The van der Waals surface area contributed by atoms with E-state index >= 15 is 0 Å². The van der Waals surface area contributed by atoms with E-state index in [9.17, 15) is 0 Å². The number of anilines is 3. The minimum atomic E-state index is -0.128. The zero-order valence-electron chi connectivity index (χ0n) is 31.9. The van der Waals surface area contributed by atoms with Crippen molar-refractivity contribution in [1.82, 2.24) is 0 Å². The van der Waals surface area contributed by atoms with E-state index in [1.165, 1.54) is 55.3 Å². The molecule has 0 amide bonds. The van der Waals surface area contributed by atoms with Crippen LogP contribution in [0.4, 0.5) is 17.1 Å². The molecular weight excluding hydrogens is 691 g/mol. The lowest BCUT2D eigenvalue weighted by Crippen LogP contribution is -2.16. The standard InChI is InChI=1S/C55H39NO/c1-55(2)51-21-10-8-18-46(51)47-31-28-41(34-52(47)55)56(40-26-23-37(24-27-40)36-13-4-3-5-14-36)42-29-32-49-50-33-39(44-20-12-16-38-15-6-7-17-43(38)44)25-30-45(50)48-19-9-11-22-53(48)57-54(49)35-42/h3-35H,1-2H3. The van der Waals surface area contributed by atoms with Crippen LogP contribution in [0.2, 0.25) is 0 Å². The Hall–Kier alpha value is -7.16. The Bertz CT molecular complexity index is 3010. The molecule has 0 saturated heterocycles. The van der Waals surface area contributed by atoms with Gasteiger partial charge >= 0.3 is 0 Å². The van der Waals surface area contributed by atoms with Gasteiger partial charge < -0.3 is 9.64 Å². The summed E-state index contributed by atoms with van der Waals surface area (Å²) in [6.45, 7) is 4.69. The van der Waals surface area contributed by atoms with Gasteiger partial charge in [0.25, 0.3) is 0 Å². The normalized spacial score (nSPS) is 13.0. The van der Waals surface area contributed by atoms with Crippen molar-refractivity contribution in [2.24, 2.45) is 0 Å². The molecule has 0 unspecified atom stereocenters. The Morgan fingerprint density at radius 2 is 0.930 bits per heavy atom. The number of ether oxygens (including phenoxy) is 1. The van der Waals surface area contributed by atoms with Crippen LogP contribution in [0, 0.1) is 0 Å². The molecular formula is C55H39NO. The van der Waals surface area contributed by atoms with E-state index in [1.807, 2.05) is 0 Å². The second-order valence-electron chi connectivity index (χ2n) is 15.7. The van der Waals surface area contributed by atoms with Gasteiger partial charge in [-0.2, -0.15) is 0 Å². The zero-order valence-corrected chi connectivity index (χ0v) is 31.9. The van der Waals surface area contributed by atoms with Crippen LogP contribution in [0.25, 0.3) is 66.4 Å². The van der Waals surface area contributed by atoms with Gasteiger partial charge in [-0.15, -0.1) is 0 Å². The predicted octanol–water partition coefficient (Wildman–Crippen LogP) is 15.4. The van der Waals surface area contributed by atoms with Crippen molar-refractivity contribution >= 4 is 27.8 Å². The maximum absolute atomic E-state index is 6.96. The van der Waals surface area contributed by atoms with Crippen LogP contribution in [-0.4, -0.2) is 0 Å². The largest absolute Gasteiger partial charge is 0.456 e. The molecule has 9 aromatic rings. The van der Waals surface area contributed by atoms with Gasteiger partial charge in [0, 0.05) is 39.7 Å². The van der Waals surface area contributed by atoms with Crippen LogP contribution >= 0.6 is 0 Å². The van der Waals surface area contributed by atoms with Crippen LogP contribution in [0.1, 0.15) is 25.0 Å². The summed E-state index contributed by atoms with van der Waals surface area (Å²) < 4.78 is 6.96. The summed E-state index contributed by atoms with van der Waals surface area (Å²) in [7, 11) is 0. The number of nitrogens with zero attached hydrogens (tertiary/aromatic N) is 1. The smallest absolute Gasteiger partial charge is 0.137 e. The molecule has 57 heavy (non-hydrogen) atoms. The summed E-state index contributed by atoms with van der Waals surface area (Å²) in [5.41, 5.74) is 17.7. The summed E-state index contributed by atoms with van der Waals surface area (Å²) in [5.74, 6) is 1.68. The van der Waals surface area contributed by atoms with Gasteiger partial charge in [0.2, 0.25) is 0 Å². The number of hydrogen-bond acceptors (Lipinski definition) is 2. The summed E-state index contributed by atoms with van der Waals surface area (Å²) in [6, 6.07) is 72.6. The van der Waals surface area contributed by atoms with Crippen LogP contribution in [0.3, 0.4) is 0 Å². The second kappa shape index (κ2) is 13.0. The lowest BCUT2D eigenvalue weighted by Gasteiger charge is -2.29. The third kappa shape index (κ3) is 5.40. The Labute approximate surface area is 333 Å². The molecule has 0 atom stereocenters. The van der Waals surface area contributed by atoms with E-state index < -0.39 is 0 Å². The van der Waals surface area contributed by atoms with Crippen LogP contribution in [-0.2, 0) is 5.41 Å². The first-order valence-corrected chi connectivity index (χ1v) is 19.8. The highest BCUT2D eigenvalue weighted by Gasteiger charge is 2.36. The molecule has 2 aliphatic rings. The van der Waals surface area contributed by atoms with E-state index in [-0.39, 0.29) is 5.41 Å². The van der Waals surface area contributed by atoms with Crippen molar-refractivity contribution < 1.29 is 4.74 Å². The zero-order chi connectivity index (χ0) is 38.1. The van der Waals surface area contributed by atoms with Crippen LogP contribution < -0.4 is 9.64 Å². The summed E-state index contributed by atoms with van der Waals surface area (Å²) in [4.78, 5) is 2.38. The number of fused-ring (bicyclic) bond motifs is 9. The first-order valence-electron chi connectivity index (χ1n) is 19.8. The van der Waals surface area contributed by atoms with Gasteiger partial charge in [0.15, 0.2) is 0 Å². The molecule has 0 bridgehead atoms. The summed E-state index contributed by atoms with van der Waals surface area (Å²) in [6.07, 6.45) is 0. The fourth-order valence-electron chi connectivity index (χ4n) is 9.21. The molecule has 0 aromatic heterocycles. The third-order valence-corrected chi connectivity index (χ3v) is 12.1. The van der Waals surface area contributed by atoms with Crippen molar-refractivity contribution in [3.63, 3.8) is 0 Å². The average molecular weight is 730 g/mol. The van der Waals surface area contributed by atoms with Gasteiger partial charge in [-0.1, -0.05) is 159 Å². The lowest BCUT2D eigenvalue weighted by atomic mass is 9.82. The Morgan fingerprint density at radius 3 is 1.79 bits per heavy atom. The molecule has 1 aliphatic carbocycles. The monoisotopic (exact) mass is 729 g/mol. The van der Waals surface area contributed by atoms with Gasteiger partial charge in [0.1, 0.15) is 11.5 Å². The summed E-state index contributed by atoms with van der Waals surface area (Å²) in [5, 5.41) is 2.48. The average Bonchev–Trinajstić information content (AvgIpc) is 3.39. The van der Waals surface area contributed by atoms with Gasteiger partial charge in [-0.25, -0.2) is 0 Å². The fourth-order valence-corrected chi connectivity index (χ4v) is 9.21. The molecule has 0 N–H and O–H groups in total. The van der Waals surface area contributed by atoms with E-state index in [0.29, 0.717) is 0 Å². The van der Waals surface area contributed by atoms with Crippen LogP contribution in [0.5, 0.6) is 11.5 Å². The molecule has 2 nitrogen and oxygen atoms in total. The topological polar surface area (TPSA) is 12.5 Å². The van der Waals surface area contributed by atoms with Gasteiger partial charge in [-0.05, 0) is 115 Å². The fraction of sp³-hybridized carbons (Fsp3) is 0.0545. The molecule has 2 heteroatoms.